The molecule has 0 aliphatic rings. The first-order chi connectivity index (χ1) is 35.0. The fraction of sp³-hybridized carbons (Fsp3) is 0.952. The number of unbranched alkanes of at least 4 members (excludes halogenated alkanes) is 45. The van der Waals surface area contributed by atoms with Crippen molar-refractivity contribution in [1.82, 2.24) is 5.32 Å². The molecule has 0 aromatic heterocycles. The molecule has 1 amide bonds. The van der Waals surface area contributed by atoms with Gasteiger partial charge < -0.3 is 28.8 Å². The Kier molecular flexibility index (Phi) is 54.4. The zero-order chi connectivity index (χ0) is 52.7. The van der Waals surface area contributed by atoms with Crippen molar-refractivity contribution < 1.29 is 32.9 Å². The number of hydrogen-bond donors (Lipinski definition) is 2. The Morgan fingerprint density at radius 1 is 0.472 bits per heavy atom. The summed E-state index contributed by atoms with van der Waals surface area (Å²) in [6, 6.07) is -0.801. The quantitative estimate of drug-likeness (QED) is 0.0272. The van der Waals surface area contributed by atoms with Gasteiger partial charge in [0.2, 0.25) is 5.91 Å². The van der Waals surface area contributed by atoms with E-state index in [4.69, 9.17) is 9.05 Å². The number of nitrogens with zero attached hydrogens (tertiary/aromatic N) is 1. The summed E-state index contributed by atoms with van der Waals surface area (Å²) in [6.07, 6.45) is 68.5. The van der Waals surface area contributed by atoms with Crippen LogP contribution in [0.15, 0.2) is 12.2 Å². The van der Waals surface area contributed by atoms with Crippen molar-refractivity contribution in [3.8, 4) is 0 Å². The molecule has 72 heavy (non-hydrogen) atoms. The van der Waals surface area contributed by atoms with Crippen LogP contribution in [0.2, 0.25) is 0 Å². The maximum absolute atomic E-state index is 13.0. The second kappa shape index (κ2) is 55.0. The highest BCUT2D eigenvalue weighted by atomic mass is 31.2. The zero-order valence-corrected chi connectivity index (χ0v) is 50.1. The lowest BCUT2D eigenvalue weighted by Gasteiger charge is -2.30. The number of aliphatic hydroxyl groups excluding tert-OH is 1. The molecular weight excluding hydrogens is 912 g/mol. The molecule has 0 heterocycles. The van der Waals surface area contributed by atoms with Gasteiger partial charge in [0.05, 0.1) is 39.9 Å². The predicted octanol–water partition coefficient (Wildman–Crippen LogP) is 19.1. The van der Waals surface area contributed by atoms with Gasteiger partial charge in [-0.25, -0.2) is 0 Å². The summed E-state index contributed by atoms with van der Waals surface area (Å²) in [4.78, 5) is 25.5. The molecule has 3 atom stereocenters. The summed E-state index contributed by atoms with van der Waals surface area (Å²) in [5.41, 5.74) is 0. The summed E-state index contributed by atoms with van der Waals surface area (Å²) in [7, 11) is 1.32. The van der Waals surface area contributed by atoms with Gasteiger partial charge in [-0.05, 0) is 38.5 Å². The number of hydrogen-bond acceptors (Lipinski definition) is 6. The number of quaternary nitrogens is 1. The molecule has 2 N–H and O–H groups in total. The topological polar surface area (TPSA) is 108 Å². The fourth-order valence-corrected chi connectivity index (χ4v) is 10.7. The third-order valence-electron chi connectivity index (χ3n) is 15.0. The van der Waals surface area contributed by atoms with E-state index in [1.54, 1.807) is 0 Å². The highest BCUT2D eigenvalue weighted by molar-refractivity contribution is 7.45. The van der Waals surface area contributed by atoms with Crippen molar-refractivity contribution in [3.05, 3.63) is 12.2 Å². The van der Waals surface area contributed by atoms with E-state index in [1.807, 2.05) is 21.1 Å². The molecule has 0 radical (unpaired) electrons. The van der Waals surface area contributed by atoms with E-state index in [0.29, 0.717) is 23.9 Å². The van der Waals surface area contributed by atoms with E-state index in [9.17, 15) is 19.4 Å². The second-order valence-corrected chi connectivity index (χ2v) is 24.9. The Balaban J connectivity index is 3.98. The first-order valence-corrected chi connectivity index (χ1v) is 33.5. The van der Waals surface area contributed by atoms with Crippen LogP contribution in [0.5, 0.6) is 0 Å². The van der Waals surface area contributed by atoms with E-state index in [-0.39, 0.29) is 19.1 Å². The minimum Gasteiger partial charge on any atom is -0.756 e. The van der Waals surface area contributed by atoms with Gasteiger partial charge >= 0.3 is 0 Å². The molecule has 8 nitrogen and oxygen atoms in total. The van der Waals surface area contributed by atoms with Crippen molar-refractivity contribution in [3.63, 3.8) is 0 Å². The first kappa shape index (κ1) is 71.2. The SMILES string of the molecule is CCCCCCCC/C=C\CCCCCCCCCC(=O)NC(COP(=O)([O-])OCC[N+](C)(C)C)C(O)CCCCCCCCCCCCCCCCCCCCCCCCCCCCCCCCCCC. The molecule has 0 aromatic rings. The minimum absolute atomic E-state index is 0.0138. The van der Waals surface area contributed by atoms with E-state index < -0.39 is 20.0 Å². The number of likely N-dealkylation sites (N-methyl/N-ethyl adjacent to an activating group) is 1. The molecule has 0 rings (SSSR count). The highest BCUT2D eigenvalue weighted by Crippen LogP contribution is 2.38. The van der Waals surface area contributed by atoms with Crippen LogP contribution in [0.3, 0.4) is 0 Å². The Morgan fingerprint density at radius 2 is 0.764 bits per heavy atom. The molecule has 0 aliphatic carbocycles. The number of carbonyl (C=O) groups excluding carboxylic acids is 1. The van der Waals surface area contributed by atoms with Gasteiger partial charge in [0.1, 0.15) is 13.2 Å². The lowest BCUT2D eigenvalue weighted by molar-refractivity contribution is -0.870. The third-order valence-corrected chi connectivity index (χ3v) is 16.0. The number of nitrogens with one attached hydrogen (secondary N) is 1. The number of phosphoric acid groups is 1. The minimum atomic E-state index is -4.57. The van der Waals surface area contributed by atoms with Gasteiger partial charge in [0.25, 0.3) is 7.82 Å². The molecule has 0 saturated carbocycles. The average molecular weight is 1040 g/mol. The summed E-state index contributed by atoms with van der Waals surface area (Å²) < 4.78 is 23.5. The lowest BCUT2D eigenvalue weighted by Crippen LogP contribution is -2.46. The fourth-order valence-electron chi connectivity index (χ4n) is 9.98. The predicted molar refractivity (Wildman–Crippen MR) is 312 cm³/mol. The lowest BCUT2D eigenvalue weighted by atomic mass is 10.0. The molecule has 0 saturated heterocycles. The van der Waals surface area contributed by atoms with Gasteiger partial charge in [-0.15, -0.1) is 0 Å². The van der Waals surface area contributed by atoms with Gasteiger partial charge in [-0.3, -0.25) is 9.36 Å². The Hall–Kier alpha value is -0.760. The van der Waals surface area contributed by atoms with Crippen LogP contribution >= 0.6 is 7.82 Å². The van der Waals surface area contributed by atoms with Crippen molar-refractivity contribution >= 4 is 13.7 Å². The number of rotatable bonds is 60. The maximum Gasteiger partial charge on any atom is 0.268 e. The number of amides is 1. The van der Waals surface area contributed by atoms with Crippen molar-refractivity contribution in [2.24, 2.45) is 0 Å². The largest absolute Gasteiger partial charge is 0.756 e. The maximum atomic E-state index is 13.0. The normalized spacial score (nSPS) is 13.8. The number of phosphoric ester groups is 1. The summed E-state index contributed by atoms with van der Waals surface area (Å²) >= 11 is 0. The van der Waals surface area contributed by atoms with Crippen LogP contribution in [0, 0.1) is 0 Å². The van der Waals surface area contributed by atoms with Gasteiger partial charge in [0, 0.05) is 6.42 Å². The van der Waals surface area contributed by atoms with Gasteiger partial charge in [-0.2, -0.15) is 0 Å². The Labute approximate surface area is 450 Å². The van der Waals surface area contributed by atoms with Crippen LogP contribution in [-0.2, 0) is 18.4 Å². The molecule has 0 spiro atoms. The second-order valence-electron chi connectivity index (χ2n) is 23.5. The standard InChI is InChI=1S/C63H127N2O6P/c1-6-8-10-12-14-16-18-20-22-24-25-26-27-28-29-30-31-32-33-34-35-36-37-38-39-41-42-44-46-48-50-52-54-56-62(66)61(60-71-72(68,69)70-59-58-65(3,4)5)64-63(67)57-55-53-51-49-47-45-43-40-23-21-19-17-15-13-11-9-7-2/h21,23,61-62,66H,6-20,22,24-60H2,1-5H3,(H-,64,67,68,69)/b23-21-. The number of allylic oxidation sites excluding steroid dienone is 2. The number of aliphatic hydroxyl groups is 1. The molecule has 9 heteroatoms. The molecular formula is C63H127N2O6P. The van der Waals surface area contributed by atoms with Crippen LogP contribution in [0.1, 0.15) is 335 Å². The van der Waals surface area contributed by atoms with Gasteiger partial charge in [0.15, 0.2) is 0 Å². The molecule has 0 aromatic carbocycles. The van der Waals surface area contributed by atoms with Crippen LogP contribution in [0.4, 0.5) is 0 Å². The van der Waals surface area contributed by atoms with Crippen LogP contribution in [0.25, 0.3) is 0 Å². The molecule has 0 bridgehead atoms. The Bertz CT molecular complexity index is 1180. The van der Waals surface area contributed by atoms with Crippen molar-refractivity contribution in [2.45, 2.75) is 347 Å². The van der Waals surface area contributed by atoms with E-state index in [2.05, 4.69) is 31.3 Å². The molecule has 0 fully saturated rings. The molecule has 3 unspecified atom stereocenters. The third kappa shape index (κ3) is 57.0. The number of carbonyl (C=O) groups is 1. The Morgan fingerprint density at radius 3 is 1.08 bits per heavy atom. The summed E-state index contributed by atoms with van der Waals surface area (Å²) in [5.74, 6) is -0.164. The van der Waals surface area contributed by atoms with E-state index in [0.717, 1.165) is 38.5 Å². The highest BCUT2D eigenvalue weighted by Gasteiger charge is 2.24. The monoisotopic (exact) mass is 1040 g/mol. The summed E-state index contributed by atoms with van der Waals surface area (Å²) in [5, 5.41) is 14.1. The summed E-state index contributed by atoms with van der Waals surface area (Å²) in [6.45, 7) is 4.76. The van der Waals surface area contributed by atoms with Crippen LogP contribution < -0.4 is 10.2 Å². The molecule has 0 aliphatic heterocycles. The van der Waals surface area contributed by atoms with E-state index >= 15 is 0 Å². The van der Waals surface area contributed by atoms with Crippen molar-refractivity contribution in [2.75, 3.05) is 40.9 Å². The molecule has 430 valence electrons. The van der Waals surface area contributed by atoms with Crippen molar-refractivity contribution in [1.29, 1.82) is 0 Å². The van der Waals surface area contributed by atoms with Crippen LogP contribution in [-0.4, -0.2) is 68.5 Å². The van der Waals surface area contributed by atoms with Gasteiger partial charge in [-0.1, -0.05) is 302 Å². The zero-order valence-electron chi connectivity index (χ0n) is 49.2. The average Bonchev–Trinajstić information content (AvgIpc) is 3.34. The first-order valence-electron chi connectivity index (χ1n) is 32.0. The smallest absolute Gasteiger partial charge is 0.268 e. The van der Waals surface area contributed by atoms with E-state index in [1.165, 1.54) is 270 Å².